The zero-order chi connectivity index (χ0) is 17.6. The molecular weight excluding hydrogens is 350 g/mol. The van der Waals surface area contributed by atoms with Gasteiger partial charge >= 0.3 is 0 Å². The topological polar surface area (TPSA) is 20.3 Å². The molecule has 1 unspecified atom stereocenters. The van der Waals surface area contributed by atoms with Crippen molar-refractivity contribution in [2.45, 2.75) is 19.9 Å². The number of carbonyl (C=O) groups is 1. The molecule has 3 aromatic rings. The van der Waals surface area contributed by atoms with E-state index in [9.17, 15) is 4.79 Å². The molecule has 0 radical (unpaired) electrons. The lowest BCUT2D eigenvalue weighted by Gasteiger charge is -2.39. The molecule has 0 aliphatic carbocycles. The summed E-state index contributed by atoms with van der Waals surface area (Å²) < 4.78 is 0.739. The van der Waals surface area contributed by atoms with E-state index in [0.717, 1.165) is 26.0 Å². The number of benzene rings is 2. The quantitative estimate of drug-likeness (QED) is 0.531. The van der Waals surface area contributed by atoms with E-state index in [-0.39, 0.29) is 17.9 Å². The molecule has 2 heterocycles. The van der Waals surface area contributed by atoms with Crippen LogP contribution < -0.4 is 4.90 Å². The molecule has 0 N–H and O–H groups in total. The molecule has 1 aliphatic heterocycles. The lowest BCUT2D eigenvalue weighted by Crippen LogP contribution is -2.40. The number of fused-ring (bicyclic) bond motifs is 3. The highest BCUT2D eigenvalue weighted by molar-refractivity contribution is 7.16. The Kier molecular flexibility index (Phi) is 4.14. The molecule has 0 saturated carbocycles. The summed E-state index contributed by atoms with van der Waals surface area (Å²) in [6.07, 6.45) is 0. The molecule has 4 rings (SSSR count). The van der Waals surface area contributed by atoms with Crippen LogP contribution in [0.2, 0.25) is 4.34 Å². The van der Waals surface area contributed by atoms with Crippen molar-refractivity contribution in [3.63, 3.8) is 0 Å². The number of nitrogens with zero attached hydrogens (tertiary/aromatic N) is 1. The van der Waals surface area contributed by atoms with E-state index >= 15 is 0 Å². The van der Waals surface area contributed by atoms with Crippen LogP contribution in [-0.2, 0) is 4.79 Å². The van der Waals surface area contributed by atoms with Crippen molar-refractivity contribution in [1.29, 1.82) is 0 Å². The van der Waals surface area contributed by atoms with Crippen LogP contribution in [0.5, 0.6) is 0 Å². The van der Waals surface area contributed by atoms with E-state index < -0.39 is 0 Å². The van der Waals surface area contributed by atoms with Gasteiger partial charge in [-0.05, 0) is 29.3 Å². The number of rotatable bonds is 2. The zero-order valence-electron chi connectivity index (χ0n) is 14.1. The van der Waals surface area contributed by atoms with Crippen LogP contribution in [0.15, 0.2) is 60.7 Å². The average Bonchev–Trinajstić information content (AvgIpc) is 3.05. The number of hydrogen-bond acceptors (Lipinski definition) is 2. The summed E-state index contributed by atoms with van der Waals surface area (Å²) in [5.74, 6) is 0.0349. The molecule has 126 valence electrons. The van der Waals surface area contributed by atoms with Gasteiger partial charge in [-0.2, -0.15) is 0 Å². The third kappa shape index (κ3) is 2.68. The van der Waals surface area contributed by atoms with Gasteiger partial charge in [-0.25, -0.2) is 0 Å². The van der Waals surface area contributed by atoms with Crippen molar-refractivity contribution in [2.75, 3.05) is 4.90 Å². The fourth-order valence-electron chi connectivity index (χ4n) is 3.45. The van der Waals surface area contributed by atoms with Crippen molar-refractivity contribution < 1.29 is 4.79 Å². The van der Waals surface area contributed by atoms with Gasteiger partial charge in [-0.3, -0.25) is 9.69 Å². The first-order valence-electron chi connectivity index (χ1n) is 8.34. The van der Waals surface area contributed by atoms with Crippen molar-refractivity contribution in [3.8, 4) is 11.1 Å². The van der Waals surface area contributed by atoms with Gasteiger partial charge in [-0.1, -0.05) is 67.9 Å². The highest BCUT2D eigenvalue weighted by atomic mass is 35.5. The number of halogens is 1. The number of anilines is 1. The Morgan fingerprint density at radius 1 is 1.00 bits per heavy atom. The average molecular weight is 368 g/mol. The summed E-state index contributed by atoms with van der Waals surface area (Å²) in [7, 11) is 0. The van der Waals surface area contributed by atoms with Gasteiger partial charge in [0.1, 0.15) is 0 Å². The number of thiophene rings is 1. The molecular formula is C21H18ClNOS. The van der Waals surface area contributed by atoms with Crippen LogP contribution in [0.25, 0.3) is 11.1 Å². The smallest absolute Gasteiger partial charge is 0.230 e. The lowest BCUT2D eigenvalue weighted by molar-refractivity contribution is -0.121. The van der Waals surface area contributed by atoms with E-state index in [1.54, 1.807) is 0 Å². The Morgan fingerprint density at radius 2 is 1.68 bits per heavy atom. The highest BCUT2D eigenvalue weighted by Gasteiger charge is 2.37. The Hall–Kier alpha value is -2.10. The van der Waals surface area contributed by atoms with Crippen LogP contribution >= 0.6 is 22.9 Å². The van der Waals surface area contributed by atoms with Crippen LogP contribution in [0.4, 0.5) is 5.69 Å². The number of carbonyl (C=O) groups excluding carboxylic acids is 1. The minimum atomic E-state index is -0.140. The second-order valence-electron chi connectivity index (χ2n) is 6.51. The molecule has 1 aliphatic rings. The number of amides is 1. The highest BCUT2D eigenvalue weighted by Crippen LogP contribution is 2.49. The molecule has 2 nitrogen and oxygen atoms in total. The molecule has 2 aromatic carbocycles. The second kappa shape index (κ2) is 6.32. The monoisotopic (exact) mass is 367 g/mol. The SMILES string of the molecule is CC(C)C(=O)N1c2ccccc2-c2ccccc2C1c1ccc(Cl)s1. The minimum Gasteiger partial charge on any atom is -0.299 e. The predicted octanol–water partition coefficient (Wildman–Crippen LogP) is 6.16. The molecule has 1 atom stereocenters. The maximum atomic E-state index is 13.2. The first kappa shape index (κ1) is 16.4. The minimum absolute atomic E-state index is 0.0868. The summed E-state index contributed by atoms with van der Waals surface area (Å²) in [4.78, 5) is 16.2. The number of para-hydroxylation sites is 1. The molecule has 25 heavy (non-hydrogen) atoms. The molecule has 0 saturated heterocycles. The van der Waals surface area contributed by atoms with Crippen LogP contribution in [-0.4, -0.2) is 5.91 Å². The Balaban J connectivity index is 2.01. The Morgan fingerprint density at radius 3 is 2.36 bits per heavy atom. The molecule has 0 bridgehead atoms. The Labute approximate surface area is 156 Å². The summed E-state index contributed by atoms with van der Waals surface area (Å²) >= 11 is 7.75. The summed E-state index contributed by atoms with van der Waals surface area (Å²) in [6.45, 7) is 3.90. The normalized spacial score (nSPS) is 15.8. The van der Waals surface area contributed by atoms with Crippen LogP contribution in [0, 0.1) is 5.92 Å². The van der Waals surface area contributed by atoms with E-state index in [2.05, 4.69) is 18.2 Å². The third-order valence-electron chi connectivity index (χ3n) is 4.56. The van der Waals surface area contributed by atoms with Crippen LogP contribution in [0.3, 0.4) is 0 Å². The summed E-state index contributed by atoms with van der Waals surface area (Å²) in [5, 5.41) is 0. The van der Waals surface area contributed by atoms with E-state index in [1.165, 1.54) is 16.9 Å². The zero-order valence-corrected chi connectivity index (χ0v) is 15.6. The maximum Gasteiger partial charge on any atom is 0.230 e. The van der Waals surface area contributed by atoms with Gasteiger partial charge in [0.15, 0.2) is 0 Å². The van der Waals surface area contributed by atoms with Gasteiger partial charge in [0.25, 0.3) is 0 Å². The molecule has 0 spiro atoms. The van der Waals surface area contributed by atoms with E-state index in [0.29, 0.717) is 0 Å². The van der Waals surface area contributed by atoms with Gasteiger partial charge in [0, 0.05) is 16.4 Å². The molecule has 1 amide bonds. The molecule has 4 heteroatoms. The van der Waals surface area contributed by atoms with Crippen molar-refractivity contribution >= 4 is 34.5 Å². The van der Waals surface area contributed by atoms with Gasteiger partial charge in [0.05, 0.1) is 16.1 Å². The van der Waals surface area contributed by atoms with Gasteiger partial charge in [-0.15, -0.1) is 11.3 Å². The van der Waals surface area contributed by atoms with Crippen molar-refractivity contribution in [3.05, 3.63) is 75.4 Å². The Bertz CT molecular complexity index is 946. The summed E-state index contributed by atoms with van der Waals surface area (Å²) in [6, 6.07) is 20.3. The fourth-order valence-corrected chi connectivity index (χ4v) is 4.62. The molecule has 1 aromatic heterocycles. The van der Waals surface area contributed by atoms with Gasteiger partial charge in [0.2, 0.25) is 5.91 Å². The summed E-state index contributed by atoms with van der Waals surface area (Å²) in [5.41, 5.74) is 4.40. The predicted molar refractivity (Wildman–Crippen MR) is 105 cm³/mol. The maximum absolute atomic E-state index is 13.2. The largest absolute Gasteiger partial charge is 0.299 e. The van der Waals surface area contributed by atoms with Crippen LogP contribution in [0.1, 0.15) is 30.3 Å². The van der Waals surface area contributed by atoms with Crippen molar-refractivity contribution in [2.24, 2.45) is 5.92 Å². The fraction of sp³-hybridized carbons (Fsp3) is 0.190. The number of hydrogen-bond donors (Lipinski definition) is 0. The van der Waals surface area contributed by atoms with E-state index in [4.69, 9.17) is 11.6 Å². The molecule has 0 fully saturated rings. The first-order valence-corrected chi connectivity index (χ1v) is 9.54. The second-order valence-corrected chi connectivity index (χ2v) is 8.26. The van der Waals surface area contributed by atoms with E-state index in [1.807, 2.05) is 61.2 Å². The standard InChI is InChI=1S/C21H18ClNOS/c1-13(2)21(24)23-17-10-6-5-8-15(17)14-7-3-4-9-16(14)20(23)18-11-12-19(22)25-18/h3-13,20H,1-2H3. The first-order chi connectivity index (χ1) is 12.1. The van der Waals surface area contributed by atoms with Gasteiger partial charge < -0.3 is 0 Å². The lowest BCUT2D eigenvalue weighted by atomic mass is 9.86. The third-order valence-corrected chi connectivity index (χ3v) is 5.85. The van der Waals surface area contributed by atoms with Crippen molar-refractivity contribution in [1.82, 2.24) is 0 Å².